The first-order valence-electron chi connectivity index (χ1n) is 10.3. The number of nitrogens with zero attached hydrogens (tertiary/aromatic N) is 3. The van der Waals surface area contributed by atoms with E-state index in [-0.39, 0.29) is 17.7 Å². The summed E-state index contributed by atoms with van der Waals surface area (Å²) in [4.78, 5) is 33.8. The van der Waals surface area contributed by atoms with Crippen LogP contribution < -0.4 is 5.32 Å². The zero-order valence-corrected chi connectivity index (χ0v) is 17.0. The van der Waals surface area contributed by atoms with Crippen LogP contribution in [0.15, 0.2) is 5.38 Å². The first kappa shape index (κ1) is 18.9. The number of hydrogen-bond acceptors (Lipinski definition) is 5. The lowest BCUT2D eigenvalue weighted by atomic mass is 9.93. The van der Waals surface area contributed by atoms with Crippen LogP contribution in [0.2, 0.25) is 0 Å². The summed E-state index contributed by atoms with van der Waals surface area (Å²) >= 11 is 1.60. The molecular formula is C20H30N4O2S. The van der Waals surface area contributed by atoms with E-state index >= 15 is 0 Å². The Morgan fingerprint density at radius 2 is 1.96 bits per heavy atom. The van der Waals surface area contributed by atoms with Gasteiger partial charge in [-0.2, -0.15) is 0 Å². The highest BCUT2D eigenvalue weighted by atomic mass is 32.1. The lowest BCUT2D eigenvalue weighted by molar-refractivity contribution is -0.132. The second-order valence-electron chi connectivity index (χ2n) is 8.26. The molecule has 3 fully saturated rings. The average molecular weight is 391 g/mol. The van der Waals surface area contributed by atoms with Crippen LogP contribution in [-0.4, -0.2) is 64.9 Å². The SMILES string of the molecule is Cc1nc(CC(=O)N2CCC(N3CCCC(C(=O)NC4CC4)C3)CC2)cs1. The van der Waals surface area contributed by atoms with E-state index < -0.39 is 0 Å². The Morgan fingerprint density at radius 1 is 1.19 bits per heavy atom. The number of carbonyl (C=O) groups excluding carboxylic acids is 2. The molecule has 1 aromatic rings. The molecular weight excluding hydrogens is 360 g/mol. The van der Waals surface area contributed by atoms with Gasteiger partial charge in [0.1, 0.15) is 0 Å². The van der Waals surface area contributed by atoms with Crippen LogP contribution in [0.4, 0.5) is 0 Å². The van der Waals surface area contributed by atoms with E-state index in [1.807, 2.05) is 17.2 Å². The van der Waals surface area contributed by atoms with E-state index in [1.165, 1.54) is 0 Å². The first-order valence-corrected chi connectivity index (χ1v) is 11.2. The third-order valence-electron chi connectivity index (χ3n) is 6.08. The number of piperidine rings is 2. The number of thiazole rings is 1. The molecule has 0 aromatic carbocycles. The molecule has 1 unspecified atom stereocenters. The fraction of sp³-hybridized carbons (Fsp3) is 0.750. The fourth-order valence-electron chi connectivity index (χ4n) is 4.34. The maximum atomic E-state index is 12.5. The van der Waals surface area contributed by atoms with Crippen molar-refractivity contribution < 1.29 is 9.59 Å². The third-order valence-corrected chi connectivity index (χ3v) is 6.90. The molecule has 0 bridgehead atoms. The highest BCUT2D eigenvalue weighted by molar-refractivity contribution is 7.09. The minimum Gasteiger partial charge on any atom is -0.353 e. The van der Waals surface area contributed by atoms with E-state index in [0.717, 1.165) is 75.4 Å². The van der Waals surface area contributed by atoms with Gasteiger partial charge in [0.15, 0.2) is 0 Å². The van der Waals surface area contributed by atoms with E-state index in [1.54, 1.807) is 11.3 Å². The number of nitrogens with one attached hydrogen (secondary N) is 1. The van der Waals surface area contributed by atoms with Crippen LogP contribution in [0.25, 0.3) is 0 Å². The molecule has 148 valence electrons. The van der Waals surface area contributed by atoms with E-state index in [4.69, 9.17) is 0 Å². The number of aryl methyl sites for hydroxylation is 1. The fourth-order valence-corrected chi connectivity index (χ4v) is 4.95. The molecule has 3 aliphatic rings. The maximum Gasteiger partial charge on any atom is 0.228 e. The molecule has 7 heteroatoms. The summed E-state index contributed by atoms with van der Waals surface area (Å²) in [6.45, 7) is 5.59. The Balaban J connectivity index is 1.24. The predicted octanol–water partition coefficient (Wildman–Crippen LogP) is 1.98. The van der Waals surface area contributed by atoms with Gasteiger partial charge in [-0.15, -0.1) is 11.3 Å². The molecule has 3 heterocycles. The van der Waals surface area contributed by atoms with Gasteiger partial charge in [-0.05, 0) is 52.0 Å². The van der Waals surface area contributed by atoms with Crippen molar-refractivity contribution in [1.29, 1.82) is 0 Å². The molecule has 2 amide bonds. The maximum absolute atomic E-state index is 12.5. The molecule has 1 N–H and O–H groups in total. The molecule has 0 spiro atoms. The Bertz CT molecular complexity index is 679. The lowest BCUT2D eigenvalue weighted by Crippen LogP contribution is -2.51. The number of likely N-dealkylation sites (tertiary alicyclic amines) is 2. The zero-order chi connectivity index (χ0) is 18.8. The minimum absolute atomic E-state index is 0.145. The van der Waals surface area contributed by atoms with Gasteiger partial charge >= 0.3 is 0 Å². The van der Waals surface area contributed by atoms with Crippen molar-refractivity contribution in [3.63, 3.8) is 0 Å². The summed E-state index contributed by atoms with van der Waals surface area (Å²) in [5, 5.41) is 6.17. The number of aromatic nitrogens is 1. The largest absolute Gasteiger partial charge is 0.353 e. The Morgan fingerprint density at radius 3 is 2.63 bits per heavy atom. The summed E-state index contributed by atoms with van der Waals surface area (Å²) in [5.74, 6) is 0.597. The van der Waals surface area contributed by atoms with Gasteiger partial charge in [0.2, 0.25) is 11.8 Å². The number of hydrogen-bond donors (Lipinski definition) is 1. The number of rotatable bonds is 5. The van der Waals surface area contributed by atoms with Gasteiger partial charge in [0, 0.05) is 37.1 Å². The average Bonchev–Trinajstić information content (AvgIpc) is 3.41. The summed E-state index contributed by atoms with van der Waals surface area (Å²) < 4.78 is 0. The van der Waals surface area contributed by atoms with Crippen LogP contribution in [-0.2, 0) is 16.0 Å². The standard InChI is InChI=1S/C20H30N4O2S/c1-14-21-17(13-27-14)11-19(25)23-9-6-18(7-10-23)24-8-2-3-15(12-24)20(26)22-16-4-5-16/h13,15-16,18H,2-12H2,1H3,(H,22,26). The van der Waals surface area contributed by atoms with Gasteiger partial charge in [-0.25, -0.2) is 4.98 Å². The summed E-state index contributed by atoms with van der Waals surface area (Å²) in [6, 6.07) is 0.954. The smallest absolute Gasteiger partial charge is 0.228 e. The Labute approximate surface area is 165 Å². The molecule has 1 aromatic heterocycles. The van der Waals surface area contributed by atoms with Crippen molar-refractivity contribution in [2.75, 3.05) is 26.2 Å². The van der Waals surface area contributed by atoms with Gasteiger partial charge in [0.25, 0.3) is 0 Å². The monoisotopic (exact) mass is 390 g/mol. The molecule has 2 saturated heterocycles. The second-order valence-corrected chi connectivity index (χ2v) is 9.33. The van der Waals surface area contributed by atoms with Gasteiger partial charge < -0.3 is 10.2 Å². The lowest BCUT2D eigenvalue weighted by Gasteiger charge is -2.42. The van der Waals surface area contributed by atoms with Crippen LogP contribution in [0.3, 0.4) is 0 Å². The van der Waals surface area contributed by atoms with Crippen molar-refractivity contribution in [2.45, 2.75) is 64.0 Å². The van der Waals surface area contributed by atoms with Crippen molar-refractivity contribution in [3.05, 3.63) is 16.1 Å². The van der Waals surface area contributed by atoms with Crippen molar-refractivity contribution in [2.24, 2.45) is 5.92 Å². The quantitative estimate of drug-likeness (QED) is 0.835. The normalized spacial score (nSPS) is 24.8. The second kappa shape index (κ2) is 8.27. The minimum atomic E-state index is 0.145. The van der Waals surface area contributed by atoms with Crippen LogP contribution >= 0.6 is 11.3 Å². The molecule has 1 aliphatic carbocycles. The van der Waals surface area contributed by atoms with Crippen molar-refractivity contribution >= 4 is 23.2 Å². The first-order chi connectivity index (χ1) is 13.1. The van der Waals surface area contributed by atoms with Crippen LogP contribution in [0.5, 0.6) is 0 Å². The van der Waals surface area contributed by atoms with Gasteiger partial charge in [0.05, 0.1) is 23.0 Å². The molecule has 1 atom stereocenters. The van der Waals surface area contributed by atoms with Crippen molar-refractivity contribution in [1.82, 2.24) is 20.1 Å². The number of amides is 2. The molecule has 6 nitrogen and oxygen atoms in total. The third kappa shape index (κ3) is 4.88. The van der Waals surface area contributed by atoms with Crippen LogP contribution in [0.1, 0.15) is 49.2 Å². The number of carbonyl (C=O) groups is 2. The summed E-state index contributed by atoms with van der Waals surface area (Å²) in [5.41, 5.74) is 0.894. The molecule has 2 aliphatic heterocycles. The van der Waals surface area contributed by atoms with Gasteiger partial charge in [-0.3, -0.25) is 14.5 Å². The highest BCUT2D eigenvalue weighted by Gasteiger charge is 2.34. The summed E-state index contributed by atoms with van der Waals surface area (Å²) in [6.07, 6.45) is 6.86. The van der Waals surface area contributed by atoms with Crippen LogP contribution in [0, 0.1) is 12.8 Å². The van der Waals surface area contributed by atoms with E-state index in [0.29, 0.717) is 18.5 Å². The topological polar surface area (TPSA) is 65.5 Å². The Hall–Kier alpha value is -1.47. The molecule has 27 heavy (non-hydrogen) atoms. The van der Waals surface area contributed by atoms with E-state index in [9.17, 15) is 9.59 Å². The molecule has 4 rings (SSSR count). The Kier molecular flexibility index (Phi) is 5.78. The molecule has 0 radical (unpaired) electrons. The highest BCUT2D eigenvalue weighted by Crippen LogP contribution is 2.26. The van der Waals surface area contributed by atoms with E-state index in [2.05, 4.69) is 15.2 Å². The van der Waals surface area contributed by atoms with Gasteiger partial charge in [-0.1, -0.05) is 0 Å². The predicted molar refractivity (Wildman–Crippen MR) is 106 cm³/mol. The molecule has 1 saturated carbocycles. The van der Waals surface area contributed by atoms with Crippen molar-refractivity contribution in [3.8, 4) is 0 Å². The summed E-state index contributed by atoms with van der Waals surface area (Å²) in [7, 11) is 0. The zero-order valence-electron chi connectivity index (χ0n) is 16.2.